The third kappa shape index (κ3) is 5.14. The molecule has 0 aliphatic heterocycles. The van der Waals surface area contributed by atoms with Crippen molar-refractivity contribution >= 4 is 5.91 Å². The number of amides is 1. The highest BCUT2D eigenvalue weighted by Gasteiger charge is 2.22. The minimum Gasteiger partial charge on any atom is -0.355 e. The molecule has 0 aromatic heterocycles. The van der Waals surface area contributed by atoms with Gasteiger partial charge in [0, 0.05) is 12.6 Å². The summed E-state index contributed by atoms with van der Waals surface area (Å²) < 4.78 is 0. The minimum absolute atomic E-state index is 0.133. The molecule has 88 valence electrons. The predicted molar refractivity (Wildman–Crippen MR) is 61.5 cm³/mol. The van der Waals surface area contributed by atoms with E-state index in [0.29, 0.717) is 19.1 Å². The summed E-state index contributed by atoms with van der Waals surface area (Å²) in [4.78, 5) is 13.6. The maximum Gasteiger partial charge on any atom is 0.234 e. The zero-order valence-electron chi connectivity index (χ0n) is 9.83. The zero-order chi connectivity index (χ0) is 11.3. The minimum atomic E-state index is 0.133. The Morgan fingerprint density at radius 1 is 1.60 bits per heavy atom. The first-order valence-electron chi connectivity index (χ1n) is 5.80. The Hall–Kier alpha value is -0.610. The van der Waals surface area contributed by atoms with Gasteiger partial charge in [0.25, 0.3) is 0 Å². The Labute approximate surface area is 92.2 Å². The molecule has 1 atom stereocenters. The summed E-state index contributed by atoms with van der Waals surface area (Å²) in [6.07, 6.45) is 3.49. The Morgan fingerprint density at radius 2 is 2.27 bits per heavy atom. The zero-order valence-corrected chi connectivity index (χ0v) is 9.83. The summed E-state index contributed by atoms with van der Waals surface area (Å²) >= 11 is 0. The number of carbonyl (C=O) groups is 1. The van der Waals surface area contributed by atoms with Crippen LogP contribution in [0.4, 0.5) is 0 Å². The third-order valence-electron chi connectivity index (χ3n) is 3.01. The van der Waals surface area contributed by atoms with Crippen LogP contribution in [0.3, 0.4) is 0 Å². The van der Waals surface area contributed by atoms with Crippen molar-refractivity contribution < 1.29 is 4.79 Å². The summed E-state index contributed by atoms with van der Waals surface area (Å²) in [6.45, 7) is 4.11. The Morgan fingerprint density at radius 3 is 2.80 bits per heavy atom. The molecule has 0 aromatic rings. The van der Waals surface area contributed by atoms with Crippen molar-refractivity contribution in [2.45, 2.75) is 32.2 Å². The molecule has 0 bridgehead atoms. The van der Waals surface area contributed by atoms with E-state index in [9.17, 15) is 4.79 Å². The molecule has 1 amide bonds. The molecule has 1 rings (SSSR count). The monoisotopic (exact) mass is 213 g/mol. The summed E-state index contributed by atoms with van der Waals surface area (Å²) in [7, 11) is 1.97. The van der Waals surface area contributed by atoms with Crippen LogP contribution < -0.4 is 11.1 Å². The van der Waals surface area contributed by atoms with Gasteiger partial charge in [-0.05, 0) is 45.7 Å². The molecule has 1 unspecified atom stereocenters. The summed E-state index contributed by atoms with van der Waals surface area (Å²) in [5.41, 5.74) is 5.48. The van der Waals surface area contributed by atoms with Crippen molar-refractivity contribution in [2.24, 2.45) is 11.7 Å². The first kappa shape index (κ1) is 12.5. The van der Waals surface area contributed by atoms with Gasteiger partial charge in [-0.25, -0.2) is 0 Å². The maximum atomic E-state index is 11.5. The fraction of sp³-hybridized carbons (Fsp3) is 0.909. The predicted octanol–water partition coefficient (Wildman–Crippen LogP) is 0.182. The van der Waals surface area contributed by atoms with E-state index in [-0.39, 0.29) is 5.91 Å². The quantitative estimate of drug-likeness (QED) is 0.634. The van der Waals surface area contributed by atoms with E-state index in [2.05, 4.69) is 17.1 Å². The number of carbonyl (C=O) groups excluding carboxylic acids is 1. The van der Waals surface area contributed by atoms with Crippen molar-refractivity contribution in [3.8, 4) is 0 Å². The molecule has 3 N–H and O–H groups in total. The smallest absolute Gasteiger partial charge is 0.234 e. The first-order chi connectivity index (χ1) is 7.13. The SMILES string of the molecule is CC(CCN)N(C)CC(=O)NCC1CC1. The molecule has 0 spiro atoms. The molecule has 1 fully saturated rings. The number of nitrogens with two attached hydrogens (primary N) is 1. The second-order valence-corrected chi connectivity index (χ2v) is 4.59. The topological polar surface area (TPSA) is 58.4 Å². The summed E-state index contributed by atoms with van der Waals surface area (Å²) in [5, 5.41) is 2.96. The van der Waals surface area contributed by atoms with Crippen molar-refractivity contribution in [3.63, 3.8) is 0 Å². The van der Waals surface area contributed by atoms with Gasteiger partial charge in [-0.2, -0.15) is 0 Å². The van der Waals surface area contributed by atoms with E-state index >= 15 is 0 Å². The van der Waals surface area contributed by atoms with E-state index in [1.54, 1.807) is 0 Å². The maximum absolute atomic E-state index is 11.5. The molecule has 0 heterocycles. The fourth-order valence-electron chi connectivity index (χ4n) is 1.48. The highest BCUT2D eigenvalue weighted by Crippen LogP contribution is 2.27. The summed E-state index contributed by atoms with van der Waals surface area (Å²) in [6, 6.07) is 0.377. The highest BCUT2D eigenvalue weighted by atomic mass is 16.2. The molecule has 1 saturated carbocycles. The van der Waals surface area contributed by atoms with Crippen molar-refractivity contribution in [1.29, 1.82) is 0 Å². The van der Waals surface area contributed by atoms with Gasteiger partial charge in [-0.1, -0.05) is 0 Å². The lowest BCUT2D eigenvalue weighted by Crippen LogP contribution is -2.40. The molecule has 0 aromatic carbocycles. The molecule has 4 heteroatoms. The van der Waals surface area contributed by atoms with E-state index < -0.39 is 0 Å². The molecular formula is C11H23N3O. The van der Waals surface area contributed by atoms with Crippen LogP contribution in [0, 0.1) is 5.92 Å². The number of hydrogen-bond donors (Lipinski definition) is 2. The van der Waals surface area contributed by atoms with Crippen LogP contribution in [0.1, 0.15) is 26.2 Å². The lowest BCUT2D eigenvalue weighted by Gasteiger charge is -2.23. The number of nitrogens with zero attached hydrogens (tertiary/aromatic N) is 1. The van der Waals surface area contributed by atoms with Gasteiger partial charge >= 0.3 is 0 Å². The van der Waals surface area contributed by atoms with Crippen molar-refractivity contribution in [1.82, 2.24) is 10.2 Å². The number of hydrogen-bond acceptors (Lipinski definition) is 3. The summed E-state index contributed by atoms with van der Waals surface area (Å²) in [5.74, 6) is 0.883. The van der Waals surface area contributed by atoms with E-state index in [0.717, 1.165) is 18.9 Å². The lowest BCUT2D eigenvalue weighted by molar-refractivity contribution is -0.122. The van der Waals surface area contributed by atoms with Crippen LogP contribution >= 0.6 is 0 Å². The highest BCUT2D eigenvalue weighted by molar-refractivity contribution is 5.78. The van der Waals surface area contributed by atoms with Crippen LogP contribution in [0.2, 0.25) is 0 Å². The van der Waals surface area contributed by atoms with Gasteiger partial charge in [0.1, 0.15) is 0 Å². The van der Waals surface area contributed by atoms with E-state index in [1.807, 2.05) is 7.05 Å². The van der Waals surface area contributed by atoms with Crippen molar-refractivity contribution in [3.05, 3.63) is 0 Å². The van der Waals surface area contributed by atoms with Gasteiger partial charge in [-0.15, -0.1) is 0 Å². The van der Waals surface area contributed by atoms with Crippen LogP contribution in [0.5, 0.6) is 0 Å². The van der Waals surface area contributed by atoms with Gasteiger partial charge in [0.05, 0.1) is 6.54 Å². The van der Waals surface area contributed by atoms with Crippen LogP contribution in [-0.4, -0.2) is 43.5 Å². The van der Waals surface area contributed by atoms with Gasteiger partial charge in [0.15, 0.2) is 0 Å². The van der Waals surface area contributed by atoms with E-state index in [4.69, 9.17) is 5.73 Å². The van der Waals surface area contributed by atoms with Crippen LogP contribution in [-0.2, 0) is 4.79 Å². The standard InChI is InChI=1S/C11H23N3O/c1-9(5-6-12)14(2)8-11(15)13-7-10-3-4-10/h9-10H,3-8,12H2,1-2H3,(H,13,15). The second kappa shape index (κ2) is 6.08. The first-order valence-corrected chi connectivity index (χ1v) is 5.80. The second-order valence-electron chi connectivity index (χ2n) is 4.59. The molecular weight excluding hydrogens is 190 g/mol. The normalized spacial score (nSPS) is 17.9. The van der Waals surface area contributed by atoms with Gasteiger partial charge in [-0.3, -0.25) is 9.69 Å². The van der Waals surface area contributed by atoms with Gasteiger partial charge < -0.3 is 11.1 Å². The molecule has 1 aliphatic carbocycles. The number of rotatable bonds is 7. The fourth-order valence-corrected chi connectivity index (χ4v) is 1.48. The molecule has 4 nitrogen and oxygen atoms in total. The van der Waals surface area contributed by atoms with Crippen molar-refractivity contribution in [2.75, 3.05) is 26.7 Å². The lowest BCUT2D eigenvalue weighted by atomic mass is 10.2. The average molecular weight is 213 g/mol. The third-order valence-corrected chi connectivity index (χ3v) is 3.01. The molecule has 15 heavy (non-hydrogen) atoms. The Kier molecular flexibility index (Phi) is 5.05. The van der Waals surface area contributed by atoms with Crippen LogP contribution in [0.25, 0.3) is 0 Å². The average Bonchev–Trinajstić information content (AvgIpc) is 2.98. The van der Waals surface area contributed by atoms with Crippen LogP contribution in [0.15, 0.2) is 0 Å². The molecule has 1 aliphatic rings. The number of nitrogens with one attached hydrogen (secondary N) is 1. The Balaban J connectivity index is 2.11. The van der Waals surface area contributed by atoms with E-state index in [1.165, 1.54) is 12.8 Å². The Bertz CT molecular complexity index is 204. The van der Waals surface area contributed by atoms with Gasteiger partial charge in [0.2, 0.25) is 5.91 Å². The molecule has 0 saturated heterocycles. The number of likely N-dealkylation sites (N-methyl/N-ethyl adjacent to an activating group) is 1. The largest absolute Gasteiger partial charge is 0.355 e. The molecule has 0 radical (unpaired) electrons.